The Bertz CT molecular complexity index is 901. The molecule has 0 unspecified atom stereocenters. The summed E-state index contributed by atoms with van der Waals surface area (Å²) in [4.78, 5) is 13.6. The molecule has 0 spiro atoms. The molecule has 0 aliphatic carbocycles. The Labute approximate surface area is 160 Å². The van der Waals surface area contributed by atoms with Gasteiger partial charge in [-0.15, -0.1) is 0 Å². The van der Waals surface area contributed by atoms with Crippen LogP contribution in [-0.4, -0.2) is 31.8 Å². The minimum absolute atomic E-state index is 0.432. The summed E-state index contributed by atoms with van der Waals surface area (Å²) < 4.78 is 50.3. The number of hydrogen-bond donors (Lipinski definition) is 1. The number of fused-ring (bicyclic) bond motifs is 5. The molecule has 2 aliphatic rings. The van der Waals surface area contributed by atoms with Crippen LogP contribution in [0.4, 0.5) is 18.9 Å². The Morgan fingerprint density at radius 2 is 1.93 bits per heavy atom. The Balaban J connectivity index is 1.84. The predicted molar refractivity (Wildman–Crippen MR) is 96.8 cm³/mol. The fourth-order valence-corrected chi connectivity index (χ4v) is 4.00. The van der Waals surface area contributed by atoms with Gasteiger partial charge in [-0.3, -0.25) is 4.79 Å². The van der Waals surface area contributed by atoms with Crippen molar-refractivity contribution in [3.8, 4) is 17.2 Å². The molecule has 1 N–H and O–H groups in total. The van der Waals surface area contributed by atoms with Crippen molar-refractivity contribution in [2.45, 2.75) is 31.1 Å². The summed E-state index contributed by atoms with van der Waals surface area (Å²) in [6.45, 7) is 0.605. The molecular weight excluding hydrogens is 373 g/mol. The Morgan fingerprint density at radius 3 is 2.68 bits per heavy atom. The molecule has 5 nitrogen and oxygen atoms in total. The van der Waals surface area contributed by atoms with Crippen molar-refractivity contribution in [2.24, 2.45) is 0 Å². The van der Waals surface area contributed by atoms with Gasteiger partial charge >= 0.3 is 12.1 Å². The fourth-order valence-electron chi connectivity index (χ4n) is 4.00. The second-order valence-corrected chi connectivity index (χ2v) is 6.81. The molecule has 4 rings (SSSR count). The number of methoxy groups -OCH3 is 1. The van der Waals surface area contributed by atoms with Crippen LogP contribution >= 0.6 is 0 Å². The second-order valence-electron chi connectivity index (χ2n) is 6.81. The third-order valence-corrected chi connectivity index (χ3v) is 5.13. The number of halogens is 3. The molecule has 2 aromatic rings. The highest BCUT2D eigenvalue weighted by molar-refractivity contribution is 5.82. The summed E-state index contributed by atoms with van der Waals surface area (Å²) in [5.74, 6) is -0.241. The maximum Gasteiger partial charge on any atom is 0.471 e. The Kier molecular flexibility index (Phi) is 4.56. The summed E-state index contributed by atoms with van der Waals surface area (Å²) in [5.41, 5.74) is 1.41. The van der Waals surface area contributed by atoms with E-state index < -0.39 is 24.2 Å². The van der Waals surface area contributed by atoms with E-state index >= 15 is 0 Å². The molecule has 0 saturated carbocycles. The van der Waals surface area contributed by atoms with Gasteiger partial charge < -0.3 is 19.7 Å². The lowest BCUT2D eigenvalue weighted by Crippen LogP contribution is -2.52. The number of alkyl halides is 3. The number of nitrogens with zero attached hydrogens (tertiary/aromatic N) is 1. The average Bonchev–Trinajstić information content (AvgIpc) is 2.82. The van der Waals surface area contributed by atoms with Crippen LogP contribution in [0.25, 0.3) is 0 Å². The molecule has 148 valence electrons. The fraction of sp³-hybridized carbons (Fsp3) is 0.350. The van der Waals surface area contributed by atoms with Gasteiger partial charge in [0.1, 0.15) is 17.2 Å². The van der Waals surface area contributed by atoms with Crippen LogP contribution in [0, 0.1) is 0 Å². The minimum atomic E-state index is -4.93. The first kappa shape index (κ1) is 18.5. The Hall–Kier alpha value is -2.90. The summed E-state index contributed by atoms with van der Waals surface area (Å²) in [6, 6.07) is 11.4. The predicted octanol–water partition coefficient (Wildman–Crippen LogP) is 4.19. The highest BCUT2D eigenvalue weighted by atomic mass is 19.4. The normalized spacial score (nSPS) is 20.8. The molecule has 2 aliphatic heterocycles. The molecule has 2 aromatic carbocycles. The van der Waals surface area contributed by atoms with Gasteiger partial charge in [0.25, 0.3) is 0 Å². The molecule has 8 heteroatoms. The largest absolute Gasteiger partial charge is 0.494 e. The van der Waals surface area contributed by atoms with Crippen molar-refractivity contribution in [3.05, 3.63) is 48.0 Å². The van der Waals surface area contributed by atoms with Crippen molar-refractivity contribution in [1.82, 2.24) is 5.32 Å². The van der Waals surface area contributed by atoms with Gasteiger partial charge in [0.05, 0.1) is 19.2 Å². The molecule has 0 bridgehead atoms. The SMILES string of the molecule is COc1cccc2c1N1CCC[C@@H](NC(=O)C(F)(F)F)[C@H]1c1ccccc1O2. The third-order valence-electron chi connectivity index (χ3n) is 5.13. The number of para-hydroxylation sites is 2. The number of anilines is 1. The van der Waals surface area contributed by atoms with Crippen LogP contribution in [0.1, 0.15) is 24.4 Å². The smallest absolute Gasteiger partial charge is 0.471 e. The van der Waals surface area contributed by atoms with Crippen LogP contribution in [0.2, 0.25) is 0 Å². The van der Waals surface area contributed by atoms with E-state index in [9.17, 15) is 18.0 Å². The molecule has 0 aromatic heterocycles. The third kappa shape index (κ3) is 3.12. The van der Waals surface area contributed by atoms with Gasteiger partial charge in [0.2, 0.25) is 0 Å². The first-order chi connectivity index (χ1) is 13.4. The number of carbonyl (C=O) groups is 1. The number of rotatable bonds is 2. The van der Waals surface area contributed by atoms with Gasteiger partial charge in [-0.2, -0.15) is 13.2 Å². The Morgan fingerprint density at radius 1 is 1.18 bits per heavy atom. The molecule has 1 amide bonds. The molecule has 0 radical (unpaired) electrons. The molecule has 1 fully saturated rings. The minimum Gasteiger partial charge on any atom is -0.494 e. The molecule has 2 atom stereocenters. The van der Waals surface area contributed by atoms with Gasteiger partial charge in [-0.25, -0.2) is 0 Å². The zero-order valence-corrected chi connectivity index (χ0v) is 15.1. The maximum absolute atomic E-state index is 12.9. The summed E-state index contributed by atoms with van der Waals surface area (Å²) >= 11 is 0. The number of piperidine rings is 1. The lowest BCUT2D eigenvalue weighted by atomic mass is 9.89. The van der Waals surface area contributed by atoms with Crippen LogP contribution < -0.4 is 19.7 Å². The van der Waals surface area contributed by atoms with Crippen LogP contribution in [0.3, 0.4) is 0 Å². The van der Waals surface area contributed by atoms with E-state index in [1.807, 2.05) is 17.0 Å². The number of ether oxygens (including phenoxy) is 2. The van der Waals surface area contributed by atoms with Gasteiger partial charge in [0, 0.05) is 12.1 Å². The van der Waals surface area contributed by atoms with Crippen LogP contribution in [-0.2, 0) is 4.79 Å². The number of hydrogen-bond acceptors (Lipinski definition) is 4. The standard InChI is InChI=1S/C20H19F3N2O3/c1-27-15-9-4-10-16-18(15)25-11-5-7-13(24-19(26)20(21,22)23)17(25)12-6-2-3-8-14(12)28-16/h2-4,6,8-10,13,17H,5,7,11H2,1H3,(H,24,26)/t13-,17-/m1/s1. The number of amides is 1. The van der Waals surface area contributed by atoms with E-state index in [-0.39, 0.29) is 0 Å². The first-order valence-electron chi connectivity index (χ1n) is 8.98. The van der Waals surface area contributed by atoms with Crippen molar-refractivity contribution in [2.75, 3.05) is 18.6 Å². The topological polar surface area (TPSA) is 50.8 Å². The van der Waals surface area contributed by atoms with Crippen LogP contribution in [0.15, 0.2) is 42.5 Å². The van der Waals surface area contributed by atoms with E-state index in [0.29, 0.717) is 42.3 Å². The van der Waals surface area contributed by atoms with E-state index in [1.165, 1.54) is 7.11 Å². The zero-order valence-electron chi connectivity index (χ0n) is 15.1. The average molecular weight is 392 g/mol. The summed E-state index contributed by atoms with van der Waals surface area (Å²) in [5, 5.41) is 2.19. The zero-order chi connectivity index (χ0) is 19.9. The van der Waals surface area contributed by atoms with E-state index in [2.05, 4.69) is 5.32 Å². The van der Waals surface area contributed by atoms with Crippen molar-refractivity contribution in [3.63, 3.8) is 0 Å². The van der Waals surface area contributed by atoms with Crippen molar-refractivity contribution >= 4 is 11.6 Å². The van der Waals surface area contributed by atoms with Crippen molar-refractivity contribution in [1.29, 1.82) is 0 Å². The van der Waals surface area contributed by atoms with E-state index in [0.717, 1.165) is 5.56 Å². The number of benzene rings is 2. The maximum atomic E-state index is 12.9. The van der Waals surface area contributed by atoms with E-state index in [1.54, 1.807) is 30.3 Å². The summed E-state index contributed by atoms with van der Waals surface area (Å²) in [6.07, 6.45) is -3.88. The van der Waals surface area contributed by atoms with Crippen LogP contribution in [0.5, 0.6) is 17.2 Å². The van der Waals surface area contributed by atoms with Gasteiger partial charge in [0.15, 0.2) is 5.75 Å². The molecule has 1 saturated heterocycles. The summed E-state index contributed by atoms with van der Waals surface area (Å²) in [7, 11) is 1.54. The lowest BCUT2D eigenvalue weighted by Gasteiger charge is -2.42. The molecule has 28 heavy (non-hydrogen) atoms. The first-order valence-corrected chi connectivity index (χ1v) is 8.98. The van der Waals surface area contributed by atoms with Crippen molar-refractivity contribution < 1.29 is 27.4 Å². The molecule has 2 heterocycles. The highest BCUT2D eigenvalue weighted by Crippen LogP contribution is 2.51. The van der Waals surface area contributed by atoms with E-state index in [4.69, 9.17) is 9.47 Å². The quantitative estimate of drug-likeness (QED) is 0.833. The molecular formula is C20H19F3N2O3. The van der Waals surface area contributed by atoms with Gasteiger partial charge in [-0.1, -0.05) is 24.3 Å². The lowest BCUT2D eigenvalue weighted by molar-refractivity contribution is -0.174. The van der Waals surface area contributed by atoms with Gasteiger partial charge in [-0.05, 0) is 31.0 Å². The second kappa shape index (κ2) is 6.92. The number of nitrogens with one attached hydrogen (secondary N) is 1. The number of carbonyl (C=O) groups excluding carboxylic acids is 1. The highest BCUT2D eigenvalue weighted by Gasteiger charge is 2.44. The monoisotopic (exact) mass is 392 g/mol.